The van der Waals surface area contributed by atoms with Crippen molar-refractivity contribution < 1.29 is 27.9 Å². The number of aliphatic imine (C=N–C) groups is 1. The summed E-state index contributed by atoms with van der Waals surface area (Å²) < 4.78 is 36.9. The minimum absolute atomic E-state index is 0.0146. The van der Waals surface area contributed by atoms with Crippen LogP contribution in [0.2, 0.25) is 0 Å². The molecule has 1 amide bonds. The van der Waals surface area contributed by atoms with Crippen LogP contribution in [0.25, 0.3) is 11.1 Å². The number of ether oxygens (including phenoxy) is 1. The number of nitrogens with one attached hydrogen (secondary N) is 2. The maximum atomic E-state index is 13.5. The van der Waals surface area contributed by atoms with Gasteiger partial charge in [-0.2, -0.15) is 0 Å². The average Bonchev–Trinajstić information content (AvgIpc) is 3.09. The number of aromatic nitrogens is 1. The first-order chi connectivity index (χ1) is 24.6. The number of carbonyl (C=O) groups is 2. The number of aliphatic carboxylic acids is 1. The van der Waals surface area contributed by atoms with Crippen molar-refractivity contribution in [3.05, 3.63) is 117 Å². The van der Waals surface area contributed by atoms with Crippen molar-refractivity contribution in [2.24, 2.45) is 10.7 Å². The Morgan fingerprint density at radius 3 is 2.33 bits per heavy atom. The standard InChI is InChI=1S/C39H45N5O7S/c1-24-25(2)34(26(3)30-19-20-39(4,5)51-33(24)30)52(49,50)43-38(40)41-21-9-14-32(37(47)48)42-35(45)31-13-10-22-44(36(31)46)23-27-15-17-29(18-16-27)28-11-7-6-8-12-28/h6-8,10-13,15-18,22,32H,9,14,19-21,23H2,1-5H3,(H,42,45)(H,47,48)(H3,40,41,43)/t32-/m0/s1. The van der Waals surface area contributed by atoms with Gasteiger partial charge in [0.15, 0.2) is 0 Å². The van der Waals surface area contributed by atoms with Gasteiger partial charge in [0.25, 0.3) is 21.5 Å². The molecule has 1 atom stereocenters. The van der Waals surface area contributed by atoms with E-state index in [2.05, 4.69) is 15.0 Å². The minimum atomic E-state index is -4.10. The van der Waals surface area contributed by atoms with E-state index in [0.29, 0.717) is 17.5 Å². The lowest BCUT2D eigenvalue weighted by Gasteiger charge is -2.35. The third-order valence-corrected chi connectivity index (χ3v) is 11.0. The van der Waals surface area contributed by atoms with Crippen LogP contribution in [0.5, 0.6) is 5.75 Å². The predicted molar refractivity (Wildman–Crippen MR) is 200 cm³/mol. The zero-order valence-electron chi connectivity index (χ0n) is 30.0. The summed E-state index contributed by atoms with van der Waals surface area (Å²) >= 11 is 0. The fourth-order valence-corrected chi connectivity index (χ4v) is 7.95. The lowest BCUT2D eigenvalue weighted by molar-refractivity contribution is -0.139. The molecule has 52 heavy (non-hydrogen) atoms. The monoisotopic (exact) mass is 727 g/mol. The first-order valence-corrected chi connectivity index (χ1v) is 18.6. The second-order valence-corrected chi connectivity index (χ2v) is 15.3. The molecule has 274 valence electrons. The molecule has 0 spiro atoms. The molecule has 0 unspecified atom stereocenters. The molecule has 1 aliphatic rings. The molecular weight excluding hydrogens is 683 g/mol. The molecule has 0 radical (unpaired) electrons. The highest BCUT2D eigenvalue weighted by molar-refractivity contribution is 7.90. The van der Waals surface area contributed by atoms with Gasteiger partial charge in [0, 0.05) is 12.7 Å². The summed E-state index contributed by atoms with van der Waals surface area (Å²) in [6.45, 7) is 9.53. The molecule has 0 fully saturated rings. The lowest BCUT2D eigenvalue weighted by Crippen LogP contribution is -2.43. The Kier molecular flexibility index (Phi) is 11.2. The SMILES string of the molecule is Cc1c(C)c(S(=O)(=O)NC(N)=NCCC[C@H](NC(=O)c2cccn(Cc3ccc(-c4ccccc4)cc3)c2=O)C(=O)O)c(C)c2c1OC(C)(C)CC2. The molecule has 0 saturated carbocycles. The van der Waals surface area contributed by atoms with Gasteiger partial charge in [-0.05, 0) is 111 Å². The number of rotatable bonds is 12. The molecule has 1 aliphatic heterocycles. The molecule has 4 aromatic rings. The van der Waals surface area contributed by atoms with Crippen LogP contribution < -0.4 is 26.1 Å². The van der Waals surface area contributed by atoms with Crippen LogP contribution in [0.4, 0.5) is 0 Å². The Bertz CT molecular complexity index is 2180. The highest BCUT2D eigenvalue weighted by atomic mass is 32.2. The number of nitrogens with zero attached hydrogens (tertiary/aromatic N) is 2. The summed E-state index contributed by atoms with van der Waals surface area (Å²) in [6.07, 6.45) is 3.09. The van der Waals surface area contributed by atoms with Gasteiger partial charge in [-0.25, -0.2) is 17.9 Å². The fourth-order valence-electron chi connectivity index (χ4n) is 6.42. The maximum absolute atomic E-state index is 13.5. The van der Waals surface area contributed by atoms with E-state index in [1.54, 1.807) is 26.1 Å². The van der Waals surface area contributed by atoms with Gasteiger partial charge in [0.2, 0.25) is 5.96 Å². The average molecular weight is 728 g/mol. The molecule has 5 rings (SSSR count). The molecule has 1 aromatic heterocycles. The third-order valence-electron chi connectivity index (χ3n) is 9.39. The topological polar surface area (TPSA) is 182 Å². The van der Waals surface area contributed by atoms with Crippen LogP contribution in [0.1, 0.15) is 71.3 Å². The van der Waals surface area contributed by atoms with Crippen molar-refractivity contribution in [2.75, 3.05) is 6.54 Å². The smallest absolute Gasteiger partial charge is 0.326 e. The number of hydrogen-bond acceptors (Lipinski definition) is 7. The van der Waals surface area contributed by atoms with Crippen molar-refractivity contribution >= 4 is 27.9 Å². The fraction of sp³-hybridized carbons (Fsp3) is 0.333. The van der Waals surface area contributed by atoms with E-state index in [0.717, 1.165) is 40.0 Å². The Morgan fingerprint density at radius 2 is 1.65 bits per heavy atom. The number of benzene rings is 3. The van der Waals surface area contributed by atoms with E-state index in [-0.39, 0.29) is 48.0 Å². The van der Waals surface area contributed by atoms with Crippen molar-refractivity contribution in [1.29, 1.82) is 0 Å². The number of pyridine rings is 1. The van der Waals surface area contributed by atoms with Gasteiger partial charge in [0.1, 0.15) is 23.0 Å². The number of carboxylic acids is 1. The summed E-state index contributed by atoms with van der Waals surface area (Å²) in [5.74, 6) is -1.74. The van der Waals surface area contributed by atoms with Gasteiger partial charge in [-0.3, -0.25) is 14.6 Å². The van der Waals surface area contributed by atoms with Crippen LogP contribution >= 0.6 is 0 Å². The van der Waals surface area contributed by atoms with E-state index in [1.807, 2.05) is 75.4 Å². The Hall–Kier alpha value is -5.43. The Morgan fingerprint density at radius 1 is 0.981 bits per heavy atom. The second kappa shape index (κ2) is 15.4. The molecule has 0 saturated heterocycles. The molecule has 13 heteroatoms. The number of fused-ring (bicyclic) bond motifs is 1. The van der Waals surface area contributed by atoms with Gasteiger partial charge in [0.05, 0.1) is 11.4 Å². The first-order valence-electron chi connectivity index (χ1n) is 17.1. The highest BCUT2D eigenvalue weighted by Gasteiger charge is 2.33. The zero-order chi connectivity index (χ0) is 37.8. The Balaban J connectivity index is 1.19. The van der Waals surface area contributed by atoms with Gasteiger partial charge in [-0.15, -0.1) is 0 Å². The summed E-state index contributed by atoms with van der Waals surface area (Å²) in [5.41, 5.74) is 10.6. The lowest BCUT2D eigenvalue weighted by atomic mass is 9.88. The number of hydrogen-bond donors (Lipinski definition) is 4. The molecule has 3 aromatic carbocycles. The number of carbonyl (C=O) groups excluding carboxylic acids is 1. The molecule has 2 heterocycles. The predicted octanol–water partition coefficient (Wildman–Crippen LogP) is 4.85. The highest BCUT2D eigenvalue weighted by Crippen LogP contribution is 2.42. The summed E-state index contributed by atoms with van der Waals surface area (Å²) in [5, 5.41) is 12.2. The van der Waals surface area contributed by atoms with Crippen molar-refractivity contribution in [2.45, 2.75) is 83.4 Å². The first kappa shape index (κ1) is 37.8. The van der Waals surface area contributed by atoms with Crippen molar-refractivity contribution in [3.63, 3.8) is 0 Å². The van der Waals surface area contributed by atoms with Gasteiger partial charge < -0.3 is 25.5 Å². The largest absolute Gasteiger partial charge is 0.487 e. The van der Waals surface area contributed by atoms with Crippen LogP contribution in [0, 0.1) is 20.8 Å². The van der Waals surface area contributed by atoms with E-state index in [1.165, 1.54) is 10.6 Å². The number of amides is 1. The summed E-state index contributed by atoms with van der Waals surface area (Å²) in [6, 6.07) is 19.2. The third kappa shape index (κ3) is 8.53. The second-order valence-electron chi connectivity index (χ2n) is 13.7. The van der Waals surface area contributed by atoms with E-state index < -0.39 is 33.5 Å². The quantitative estimate of drug-likeness (QED) is 0.0908. The molecule has 0 aliphatic carbocycles. The minimum Gasteiger partial charge on any atom is -0.487 e. The van der Waals surface area contributed by atoms with E-state index in [9.17, 15) is 27.9 Å². The molecule has 0 bridgehead atoms. The number of carboxylic acid groups (broad SMARTS) is 1. The Labute approximate surface area is 303 Å². The summed E-state index contributed by atoms with van der Waals surface area (Å²) in [7, 11) is -4.10. The van der Waals surface area contributed by atoms with Crippen molar-refractivity contribution in [1.82, 2.24) is 14.6 Å². The maximum Gasteiger partial charge on any atom is 0.326 e. The molecule has 12 nitrogen and oxygen atoms in total. The van der Waals surface area contributed by atoms with Crippen LogP contribution in [-0.4, -0.2) is 54.1 Å². The van der Waals surface area contributed by atoms with Crippen LogP contribution in [0.15, 0.2) is 87.6 Å². The zero-order valence-corrected chi connectivity index (χ0v) is 30.8. The normalized spacial score (nSPS) is 14.5. The van der Waals surface area contributed by atoms with Gasteiger partial charge >= 0.3 is 5.97 Å². The van der Waals surface area contributed by atoms with Gasteiger partial charge in [-0.1, -0.05) is 54.6 Å². The number of nitrogens with two attached hydrogens (primary N) is 1. The molecule has 5 N–H and O–H groups in total. The van der Waals surface area contributed by atoms with Crippen LogP contribution in [0.3, 0.4) is 0 Å². The van der Waals surface area contributed by atoms with E-state index >= 15 is 0 Å². The van der Waals surface area contributed by atoms with Crippen molar-refractivity contribution in [3.8, 4) is 16.9 Å². The van der Waals surface area contributed by atoms with E-state index in [4.69, 9.17) is 10.5 Å². The summed E-state index contributed by atoms with van der Waals surface area (Å²) in [4.78, 5) is 42.6. The molecular formula is C39H45N5O7S. The van der Waals surface area contributed by atoms with Crippen LogP contribution in [-0.2, 0) is 27.8 Å². The number of sulfonamides is 1. The number of guanidine groups is 1.